The number of aliphatic hydroxyl groups excluding tert-OH is 1. The lowest BCUT2D eigenvalue weighted by molar-refractivity contribution is 0.101. The van der Waals surface area contributed by atoms with Crippen LogP contribution in [0.2, 0.25) is 0 Å². The Morgan fingerprint density at radius 2 is 2.11 bits per heavy atom. The van der Waals surface area contributed by atoms with Gasteiger partial charge in [0, 0.05) is 29.3 Å². The zero-order valence-electron chi connectivity index (χ0n) is 14.4. The summed E-state index contributed by atoms with van der Waals surface area (Å²) < 4.78 is 1.38. The third kappa shape index (κ3) is 3.16. The zero-order valence-corrected chi connectivity index (χ0v) is 14.4. The molecule has 3 heterocycles. The van der Waals surface area contributed by atoms with Gasteiger partial charge in [-0.3, -0.25) is 4.79 Å². The summed E-state index contributed by atoms with van der Waals surface area (Å²) in [6.45, 7) is 0. The molecule has 3 aromatic heterocycles. The number of amides is 1. The number of carbonyl (C=O) groups excluding carboxylic acids is 1. The second-order valence-corrected chi connectivity index (χ2v) is 6.01. The predicted octanol–water partition coefficient (Wildman–Crippen LogP) is 1.56. The second kappa shape index (κ2) is 6.63. The number of nitrogens with one attached hydrogen (secondary N) is 2. The second-order valence-electron chi connectivity index (χ2n) is 6.01. The fraction of sp³-hybridized carbons (Fsp3) is 0.111. The van der Waals surface area contributed by atoms with E-state index in [1.165, 1.54) is 11.0 Å². The number of fused-ring (bicyclic) bond motifs is 1. The van der Waals surface area contributed by atoms with Crippen molar-refractivity contribution in [1.29, 1.82) is 0 Å². The smallest absolute Gasteiger partial charge is 0.294 e. The number of hydrogen-bond acceptors (Lipinski definition) is 6. The van der Waals surface area contributed by atoms with Gasteiger partial charge in [-0.1, -0.05) is 24.3 Å². The number of anilines is 1. The molecule has 0 fully saturated rings. The van der Waals surface area contributed by atoms with E-state index in [2.05, 4.69) is 25.4 Å². The monoisotopic (exact) mass is 363 g/mol. The lowest BCUT2D eigenvalue weighted by Crippen LogP contribution is -2.18. The van der Waals surface area contributed by atoms with Crippen LogP contribution >= 0.6 is 0 Å². The molecule has 5 N–H and O–H groups in total. The molecule has 0 saturated heterocycles. The van der Waals surface area contributed by atoms with E-state index < -0.39 is 12.1 Å². The van der Waals surface area contributed by atoms with Crippen molar-refractivity contribution in [2.24, 2.45) is 12.8 Å². The van der Waals surface area contributed by atoms with Gasteiger partial charge in [0.2, 0.25) is 5.82 Å². The van der Waals surface area contributed by atoms with E-state index in [1.54, 1.807) is 19.2 Å². The molecule has 1 atom stereocenters. The van der Waals surface area contributed by atoms with Gasteiger partial charge in [-0.15, -0.1) is 0 Å². The molecular weight excluding hydrogens is 346 g/mol. The first-order valence-electron chi connectivity index (χ1n) is 8.21. The van der Waals surface area contributed by atoms with Crippen molar-refractivity contribution in [3.05, 3.63) is 60.2 Å². The number of rotatable bonds is 4. The molecule has 27 heavy (non-hydrogen) atoms. The fourth-order valence-electron chi connectivity index (χ4n) is 2.89. The van der Waals surface area contributed by atoms with Crippen molar-refractivity contribution in [3.8, 4) is 11.3 Å². The van der Waals surface area contributed by atoms with E-state index >= 15 is 0 Å². The Morgan fingerprint density at radius 3 is 2.85 bits per heavy atom. The summed E-state index contributed by atoms with van der Waals surface area (Å²) in [5, 5.41) is 17.2. The summed E-state index contributed by atoms with van der Waals surface area (Å²) >= 11 is 0. The molecule has 0 radical (unpaired) electrons. The lowest BCUT2D eigenvalue weighted by Gasteiger charge is -2.10. The Morgan fingerprint density at radius 1 is 1.30 bits per heavy atom. The summed E-state index contributed by atoms with van der Waals surface area (Å²) in [7, 11) is 1.64. The van der Waals surface area contributed by atoms with Crippen molar-refractivity contribution in [2.45, 2.75) is 6.23 Å². The average molecular weight is 363 g/mol. The van der Waals surface area contributed by atoms with Crippen LogP contribution in [0.15, 0.2) is 48.8 Å². The lowest BCUT2D eigenvalue weighted by atomic mass is 10.0. The summed E-state index contributed by atoms with van der Waals surface area (Å²) in [6.07, 6.45) is 0.230. The average Bonchev–Trinajstić information content (AvgIpc) is 3.27. The first-order chi connectivity index (χ1) is 13.0. The molecule has 1 aromatic carbocycles. The molecule has 9 heteroatoms. The van der Waals surface area contributed by atoms with Gasteiger partial charge in [0.15, 0.2) is 0 Å². The maximum Gasteiger partial charge on any atom is 0.294 e. The predicted molar refractivity (Wildman–Crippen MR) is 99.6 cm³/mol. The van der Waals surface area contributed by atoms with Gasteiger partial charge in [-0.05, 0) is 18.2 Å². The van der Waals surface area contributed by atoms with Crippen LogP contribution in [0.25, 0.3) is 22.3 Å². The molecule has 9 nitrogen and oxygen atoms in total. The van der Waals surface area contributed by atoms with E-state index in [0.717, 1.165) is 16.6 Å². The van der Waals surface area contributed by atoms with E-state index in [-0.39, 0.29) is 5.82 Å². The molecule has 1 amide bonds. The minimum absolute atomic E-state index is 0.190. The van der Waals surface area contributed by atoms with Crippen LogP contribution in [-0.4, -0.2) is 35.7 Å². The van der Waals surface area contributed by atoms with Crippen LogP contribution in [0, 0.1) is 0 Å². The molecule has 4 aromatic rings. The van der Waals surface area contributed by atoms with Crippen molar-refractivity contribution in [1.82, 2.24) is 24.7 Å². The van der Waals surface area contributed by atoms with E-state index in [1.807, 2.05) is 30.3 Å². The van der Waals surface area contributed by atoms with Crippen LogP contribution < -0.4 is 11.1 Å². The molecule has 0 aliphatic heterocycles. The Kier molecular flexibility index (Phi) is 4.15. The summed E-state index contributed by atoms with van der Waals surface area (Å²) in [5.74, 6) is 0.177. The van der Waals surface area contributed by atoms with Crippen molar-refractivity contribution >= 4 is 22.8 Å². The standard InChI is InChI=1S/C18H17N7O2/c1-25-17(20-9-21-25)18(27)24-14-7-6-10-8-13(22-16(10)23-14)11-4-2-3-5-12(11)15(19)26/h2-9,15,26H,19H2,1H3,(H2,22,23,24,27). The Balaban J connectivity index is 1.67. The van der Waals surface area contributed by atoms with Gasteiger partial charge >= 0.3 is 0 Å². The van der Waals surface area contributed by atoms with Crippen LogP contribution in [0.5, 0.6) is 0 Å². The first kappa shape index (κ1) is 16.9. The Labute approximate surface area is 153 Å². The van der Waals surface area contributed by atoms with E-state index in [0.29, 0.717) is 17.0 Å². The molecule has 4 rings (SSSR count). The van der Waals surface area contributed by atoms with Gasteiger partial charge in [-0.25, -0.2) is 14.6 Å². The van der Waals surface area contributed by atoms with Crippen molar-refractivity contribution < 1.29 is 9.90 Å². The third-order valence-corrected chi connectivity index (χ3v) is 4.21. The number of H-pyrrole nitrogens is 1. The number of benzene rings is 1. The highest BCUT2D eigenvalue weighted by molar-refractivity contribution is 6.01. The summed E-state index contributed by atoms with van der Waals surface area (Å²) in [5.41, 5.74) is 8.42. The Hall–Kier alpha value is -3.56. The SMILES string of the molecule is Cn1ncnc1C(=O)Nc1ccc2cc(-c3ccccc3C(N)O)[nH]c2n1. The normalized spacial score (nSPS) is 12.3. The minimum Gasteiger partial charge on any atom is -0.375 e. The summed E-state index contributed by atoms with van der Waals surface area (Å²) in [4.78, 5) is 23.8. The fourth-order valence-corrected chi connectivity index (χ4v) is 2.89. The van der Waals surface area contributed by atoms with Crippen LogP contribution in [-0.2, 0) is 7.05 Å². The molecule has 0 saturated carbocycles. The molecule has 136 valence electrons. The number of aromatic amines is 1. The quantitative estimate of drug-likeness (QED) is 0.406. The largest absolute Gasteiger partial charge is 0.375 e. The number of carbonyl (C=O) groups is 1. The van der Waals surface area contributed by atoms with E-state index in [9.17, 15) is 9.90 Å². The number of pyridine rings is 1. The van der Waals surface area contributed by atoms with Crippen LogP contribution in [0.3, 0.4) is 0 Å². The maximum absolute atomic E-state index is 12.3. The van der Waals surface area contributed by atoms with Gasteiger partial charge in [0.25, 0.3) is 5.91 Å². The molecule has 0 bridgehead atoms. The number of aliphatic hydroxyl groups is 1. The minimum atomic E-state index is -1.08. The van der Waals surface area contributed by atoms with Crippen LogP contribution in [0.1, 0.15) is 22.4 Å². The van der Waals surface area contributed by atoms with Crippen LogP contribution in [0.4, 0.5) is 5.82 Å². The molecule has 0 aliphatic rings. The third-order valence-electron chi connectivity index (χ3n) is 4.21. The number of aromatic nitrogens is 5. The highest BCUT2D eigenvalue weighted by Crippen LogP contribution is 2.29. The Bertz CT molecular complexity index is 1130. The zero-order chi connectivity index (χ0) is 19.0. The van der Waals surface area contributed by atoms with Crippen molar-refractivity contribution in [3.63, 3.8) is 0 Å². The highest BCUT2D eigenvalue weighted by atomic mass is 16.3. The molecule has 0 aliphatic carbocycles. The van der Waals surface area contributed by atoms with E-state index in [4.69, 9.17) is 5.73 Å². The number of nitrogens with zero attached hydrogens (tertiary/aromatic N) is 4. The van der Waals surface area contributed by atoms with Crippen molar-refractivity contribution in [2.75, 3.05) is 5.32 Å². The maximum atomic E-state index is 12.3. The number of nitrogens with two attached hydrogens (primary N) is 1. The molecule has 0 spiro atoms. The topological polar surface area (TPSA) is 135 Å². The van der Waals surface area contributed by atoms with Gasteiger partial charge in [0.05, 0.1) is 0 Å². The highest BCUT2D eigenvalue weighted by Gasteiger charge is 2.15. The van der Waals surface area contributed by atoms with Gasteiger partial charge < -0.3 is 21.1 Å². The molecular formula is C18H17N7O2. The van der Waals surface area contributed by atoms with Gasteiger partial charge in [-0.2, -0.15) is 5.10 Å². The number of hydrogen-bond donors (Lipinski definition) is 4. The summed E-state index contributed by atoms with van der Waals surface area (Å²) in [6, 6.07) is 12.8. The molecule has 1 unspecified atom stereocenters. The first-order valence-corrected chi connectivity index (χ1v) is 8.21. The number of aryl methyl sites for hydroxylation is 1. The van der Waals surface area contributed by atoms with Gasteiger partial charge in [0.1, 0.15) is 24.0 Å².